The molecule has 1 aliphatic rings. The van der Waals surface area contributed by atoms with Crippen LogP contribution in [0.4, 0.5) is 0 Å². The molecule has 0 radical (unpaired) electrons. The molecule has 0 saturated carbocycles. The molecule has 3 aromatic heterocycles. The molecule has 136 valence electrons. The van der Waals surface area contributed by atoms with E-state index in [2.05, 4.69) is 9.97 Å². The Kier molecular flexibility index (Phi) is 3.79. The van der Waals surface area contributed by atoms with Crippen molar-refractivity contribution in [3.63, 3.8) is 0 Å². The number of fused-ring (bicyclic) bond motifs is 5. The van der Waals surface area contributed by atoms with Crippen LogP contribution in [-0.2, 0) is 19.4 Å². The summed E-state index contributed by atoms with van der Waals surface area (Å²) in [5, 5.41) is 1.53. The predicted molar refractivity (Wildman–Crippen MR) is 106 cm³/mol. The largest absolute Gasteiger partial charge is 0.430 e. The first-order valence-electron chi connectivity index (χ1n) is 9.17. The van der Waals surface area contributed by atoms with Crippen LogP contribution in [0.3, 0.4) is 0 Å². The summed E-state index contributed by atoms with van der Waals surface area (Å²) in [6, 6.07) is 7.48. The molecule has 0 atom stereocenters. The lowest BCUT2D eigenvalue weighted by Crippen LogP contribution is -2.20. The van der Waals surface area contributed by atoms with Crippen molar-refractivity contribution in [1.82, 2.24) is 14.5 Å². The van der Waals surface area contributed by atoms with Crippen molar-refractivity contribution in [3.05, 3.63) is 68.4 Å². The lowest BCUT2D eigenvalue weighted by molar-refractivity contribution is 0.626. The molecule has 27 heavy (non-hydrogen) atoms. The highest BCUT2D eigenvalue weighted by Gasteiger charge is 2.23. The maximum atomic E-state index is 13.0. The Labute approximate surface area is 160 Å². The van der Waals surface area contributed by atoms with Crippen LogP contribution in [0.1, 0.15) is 35.2 Å². The number of benzene rings is 1. The minimum absolute atomic E-state index is 0.208. The van der Waals surface area contributed by atoms with Crippen LogP contribution in [0.15, 0.2) is 39.8 Å². The molecule has 0 N–H and O–H groups in total. The average Bonchev–Trinajstić information content (AvgIpc) is 3.05. The van der Waals surface area contributed by atoms with Gasteiger partial charge in [0.05, 0.1) is 18.3 Å². The molecular weight excluding hydrogens is 362 g/mol. The number of nitrogens with zero attached hydrogens (tertiary/aromatic N) is 3. The second-order valence-corrected chi connectivity index (χ2v) is 7.50. The second kappa shape index (κ2) is 6.20. The fourth-order valence-electron chi connectivity index (χ4n) is 4.06. The minimum atomic E-state index is -0.208. The van der Waals surface area contributed by atoms with Gasteiger partial charge < -0.3 is 4.42 Å². The number of pyridine rings is 1. The van der Waals surface area contributed by atoms with Crippen LogP contribution < -0.4 is 5.56 Å². The number of furan rings is 1. The normalized spacial score (nSPS) is 14.0. The van der Waals surface area contributed by atoms with E-state index >= 15 is 0 Å². The molecule has 5 rings (SSSR count). The van der Waals surface area contributed by atoms with E-state index in [1.807, 2.05) is 31.2 Å². The van der Waals surface area contributed by atoms with E-state index in [-0.39, 0.29) is 11.1 Å². The Balaban J connectivity index is 1.73. The minimum Gasteiger partial charge on any atom is -0.430 e. The zero-order valence-corrected chi connectivity index (χ0v) is 15.7. The smallest absolute Gasteiger partial charge is 0.297 e. The second-order valence-electron chi connectivity index (χ2n) is 7.09. The van der Waals surface area contributed by atoms with Crippen molar-refractivity contribution < 1.29 is 4.42 Å². The van der Waals surface area contributed by atoms with Crippen molar-refractivity contribution in [2.75, 3.05) is 0 Å². The lowest BCUT2D eigenvalue weighted by atomic mass is 9.89. The number of aromatic nitrogens is 3. The van der Waals surface area contributed by atoms with Gasteiger partial charge in [-0.2, -0.15) is 0 Å². The topological polar surface area (TPSA) is 60.9 Å². The summed E-state index contributed by atoms with van der Waals surface area (Å²) in [6.45, 7) is 2.36. The van der Waals surface area contributed by atoms with Crippen molar-refractivity contribution in [3.8, 4) is 0 Å². The SMILES string of the molecule is Cc1nc2oc3c(=O)n(Cc4ccccc4Cl)cnc3c2c2c1CCCC2. The summed E-state index contributed by atoms with van der Waals surface area (Å²) >= 11 is 6.24. The molecule has 0 spiro atoms. The third-order valence-electron chi connectivity index (χ3n) is 5.42. The van der Waals surface area contributed by atoms with E-state index in [4.69, 9.17) is 16.0 Å². The highest BCUT2D eigenvalue weighted by atomic mass is 35.5. The first kappa shape index (κ1) is 16.5. The summed E-state index contributed by atoms with van der Waals surface area (Å²) in [7, 11) is 0. The summed E-state index contributed by atoms with van der Waals surface area (Å²) in [4.78, 5) is 22.2. The van der Waals surface area contributed by atoms with Crippen molar-refractivity contribution in [2.24, 2.45) is 0 Å². The molecule has 3 heterocycles. The van der Waals surface area contributed by atoms with Crippen molar-refractivity contribution in [2.45, 2.75) is 39.2 Å². The summed E-state index contributed by atoms with van der Waals surface area (Å²) < 4.78 is 7.43. The first-order valence-corrected chi connectivity index (χ1v) is 9.54. The van der Waals surface area contributed by atoms with Crippen LogP contribution >= 0.6 is 11.6 Å². The molecule has 0 fully saturated rings. The highest BCUT2D eigenvalue weighted by Crippen LogP contribution is 2.34. The number of hydrogen-bond donors (Lipinski definition) is 0. The Morgan fingerprint density at radius 3 is 2.78 bits per heavy atom. The van der Waals surface area contributed by atoms with Gasteiger partial charge in [0, 0.05) is 10.7 Å². The molecule has 1 aromatic carbocycles. The summed E-state index contributed by atoms with van der Waals surface area (Å²) in [5.41, 5.74) is 5.60. The van der Waals surface area contributed by atoms with Gasteiger partial charge >= 0.3 is 0 Å². The maximum Gasteiger partial charge on any atom is 0.297 e. The number of rotatable bonds is 2. The third kappa shape index (κ3) is 2.57. The van der Waals surface area contributed by atoms with Gasteiger partial charge in [-0.3, -0.25) is 9.36 Å². The molecule has 0 saturated heterocycles. The van der Waals surface area contributed by atoms with E-state index < -0.39 is 0 Å². The zero-order valence-electron chi connectivity index (χ0n) is 15.0. The molecule has 0 unspecified atom stereocenters. The van der Waals surface area contributed by atoms with E-state index in [1.165, 1.54) is 22.1 Å². The van der Waals surface area contributed by atoms with Crippen LogP contribution in [0.25, 0.3) is 22.2 Å². The number of hydrogen-bond acceptors (Lipinski definition) is 4. The van der Waals surface area contributed by atoms with Gasteiger partial charge in [0.1, 0.15) is 5.52 Å². The quantitative estimate of drug-likeness (QED) is 0.517. The van der Waals surface area contributed by atoms with Gasteiger partial charge in [-0.25, -0.2) is 9.97 Å². The highest BCUT2D eigenvalue weighted by molar-refractivity contribution is 6.31. The lowest BCUT2D eigenvalue weighted by Gasteiger charge is -2.17. The van der Waals surface area contributed by atoms with Crippen LogP contribution in [0.5, 0.6) is 0 Å². The molecule has 6 heteroatoms. The number of aryl methyl sites for hydroxylation is 2. The molecule has 4 aromatic rings. The predicted octanol–water partition coefficient (Wildman–Crippen LogP) is 4.43. The fraction of sp³-hybridized carbons (Fsp3) is 0.286. The fourth-order valence-corrected chi connectivity index (χ4v) is 4.26. The molecule has 5 nitrogen and oxygen atoms in total. The van der Waals surface area contributed by atoms with Crippen molar-refractivity contribution in [1.29, 1.82) is 0 Å². The van der Waals surface area contributed by atoms with E-state index in [0.717, 1.165) is 35.9 Å². The van der Waals surface area contributed by atoms with Gasteiger partial charge in [0.25, 0.3) is 5.56 Å². The summed E-state index contributed by atoms with van der Waals surface area (Å²) in [5.74, 6) is 0. The average molecular weight is 380 g/mol. The van der Waals surface area contributed by atoms with Gasteiger partial charge in [0.15, 0.2) is 0 Å². The van der Waals surface area contributed by atoms with E-state index in [0.29, 0.717) is 22.8 Å². The standard InChI is InChI=1S/C21H18ClN3O2/c1-12-14-7-3-4-8-15(14)17-18-19(27-20(17)24-12)21(26)25(11-23-18)10-13-6-2-5-9-16(13)22/h2,5-6,9,11H,3-4,7-8,10H2,1H3. The van der Waals surface area contributed by atoms with E-state index in [9.17, 15) is 4.79 Å². The van der Waals surface area contributed by atoms with Crippen LogP contribution in [0, 0.1) is 6.92 Å². The zero-order chi connectivity index (χ0) is 18.5. The molecule has 0 amide bonds. The molecule has 1 aliphatic carbocycles. The summed E-state index contributed by atoms with van der Waals surface area (Å²) in [6.07, 6.45) is 5.91. The Morgan fingerprint density at radius 1 is 1.19 bits per heavy atom. The molecule has 0 aliphatic heterocycles. The molecular formula is C21H18ClN3O2. The third-order valence-corrected chi connectivity index (χ3v) is 5.79. The van der Waals surface area contributed by atoms with E-state index in [1.54, 1.807) is 6.33 Å². The Morgan fingerprint density at radius 2 is 1.96 bits per heavy atom. The number of halogens is 1. The molecule has 0 bridgehead atoms. The van der Waals surface area contributed by atoms with Crippen LogP contribution in [0.2, 0.25) is 5.02 Å². The van der Waals surface area contributed by atoms with Gasteiger partial charge in [-0.05, 0) is 55.4 Å². The Bertz CT molecular complexity index is 1260. The monoisotopic (exact) mass is 379 g/mol. The van der Waals surface area contributed by atoms with Gasteiger partial charge in [0.2, 0.25) is 11.3 Å². The van der Waals surface area contributed by atoms with Gasteiger partial charge in [-0.15, -0.1) is 0 Å². The van der Waals surface area contributed by atoms with Gasteiger partial charge in [-0.1, -0.05) is 29.8 Å². The van der Waals surface area contributed by atoms with Crippen LogP contribution in [-0.4, -0.2) is 14.5 Å². The Hall–Kier alpha value is -2.66. The first-order chi connectivity index (χ1) is 13.1. The maximum absolute atomic E-state index is 13.0. The van der Waals surface area contributed by atoms with Crippen molar-refractivity contribution >= 4 is 33.8 Å².